The molecule has 1 N–H and O–H groups in total. The number of Topliss-reactive ketones (excluding diaryl/α,β-unsaturated/α-hetero) is 1. The number of nitrogens with zero attached hydrogens (tertiary/aromatic N) is 1. The van der Waals surface area contributed by atoms with Crippen molar-refractivity contribution in [2.24, 2.45) is 5.92 Å². The predicted molar refractivity (Wildman–Crippen MR) is 79.0 cm³/mol. The van der Waals surface area contributed by atoms with Gasteiger partial charge in [-0.05, 0) is 45.3 Å². The van der Waals surface area contributed by atoms with Crippen molar-refractivity contribution in [2.45, 2.75) is 19.8 Å². The summed E-state index contributed by atoms with van der Waals surface area (Å²) in [7, 11) is 1.94. The lowest BCUT2D eigenvalue weighted by molar-refractivity contribution is 0.0670. The first-order valence-electron chi connectivity index (χ1n) is 7.17. The zero-order valence-electron chi connectivity index (χ0n) is 12.2. The lowest BCUT2D eigenvalue weighted by atomic mass is 9.96. The minimum absolute atomic E-state index is 0.0170. The summed E-state index contributed by atoms with van der Waals surface area (Å²) in [5, 5.41) is 3.17. The lowest BCUT2D eigenvalue weighted by Crippen LogP contribution is -2.42. The van der Waals surface area contributed by atoms with Crippen LogP contribution in [-0.2, 0) is 0 Å². The number of carbonyl (C=O) groups is 2. The summed E-state index contributed by atoms with van der Waals surface area (Å²) in [6, 6.07) is 7.09. The van der Waals surface area contributed by atoms with E-state index in [9.17, 15) is 9.59 Å². The number of amides is 1. The second-order valence-corrected chi connectivity index (χ2v) is 5.42. The molecular formula is C16H22N2O2. The molecule has 20 heavy (non-hydrogen) atoms. The molecule has 0 bridgehead atoms. The van der Waals surface area contributed by atoms with Crippen molar-refractivity contribution >= 4 is 11.7 Å². The summed E-state index contributed by atoms with van der Waals surface area (Å²) in [6.07, 6.45) is 2.18. The number of hydrogen-bond donors (Lipinski definition) is 1. The van der Waals surface area contributed by atoms with Crippen LogP contribution in [0, 0.1) is 5.92 Å². The normalized spacial score (nSPS) is 18.9. The Morgan fingerprint density at radius 2 is 2.00 bits per heavy atom. The van der Waals surface area contributed by atoms with Crippen LogP contribution >= 0.6 is 0 Å². The number of nitrogens with one attached hydrogen (secondary N) is 1. The summed E-state index contributed by atoms with van der Waals surface area (Å²) in [4.78, 5) is 26.1. The SMILES string of the molecule is CNCC1CCCN(C(=O)c2ccccc2C(C)=O)C1. The van der Waals surface area contributed by atoms with Gasteiger partial charge in [-0.15, -0.1) is 0 Å². The first kappa shape index (κ1) is 14.7. The van der Waals surface area contributed by atoms with E-state index in [4.69, 9.17) is 0 Å². The Bertz CT molecular complexity index is 497. The standard InChI is InChI=1S/C16H22N2O2/c1-12(19)14-7-3-4-8-15(14)16(20)18-9-5-6-13(11-18)10-17-2/h3-4,7-8,13,17H,5-6,9-11H2,1-2H3. The number of rotatable bonds is 4. The highest BCUT2D eigenvalue weighted by Gasteiger charge is 2.25. The molecule has 1 atom stereocenters. The second-order valence-electron chi connectivity index (χ2n) is 5.42. The van der Waals surface area contributed by atoms with Crippen LogP contribution in [0.15, 0.2) is 24.3 Å². The van der Waals surface area contributed by atoms with E-state index in [-0.39, 0.29) is 11.7 Å². The summed E-state index contributed by atoms with van der Waals surface area (Å²) in [5.41, 5.74) is 1.05. The molecule has 0 spiro atoms. The number of carbonyl (C=O) groups excluding carboxylic acids is 2. The molecule has 0 aromatic heterocycles. The molecule has 1 aromatic rings. The fourth-order valence-electron chi connectivity index (χ4n) is 2.85. The van der Waals surface area contributed by atoms with Gasteiger partial charge in [0.15, 0.2) is 5.78 Å². The van der Waals surface area contributed by atoms with Gasteiger partial charge in [0.25, 0.3) is 5.91 Å². The highest BCUT2D eigenvalue weighted by Crippen LogP contribution is 2.20. The van der Waals surface area contributed by atoms with E-state index < -0.39 is 0 Å². The average molecular weight is 274 g/mol. The van der Waals surface area contributed by atoms with Crippen molar-refractivity contribution in [3.05, 3.63) is 35.4 Å². The van der Waals surface area contributed by atoms with Crippen LogP contribution in [0.4, 0.5) is 0 Å². The van der Waals surface area contributed by atoms with E-state index in [0.717, 1.165) is 32.5 Å². The van der Waals surface area contributed by atoms with Crippen molar-refractivity contribution in [3.8, 4) is 0 Å². The van der Waals surface area contributed by atoms with Gasteiger partial charge >= 0.3 is 0 Å². The predicted octanol–water partition coefficient (Wildman–Crippen LogP) is 1.96. The van der Waals surface area contributed by atoms with Gasteiger partial charge in [-0.2, -0.15) is 0 Å². The first-order chi connectivity index (χ1) is 9.63. The van der Waals surface area contributed by atoms with Gasteiger partial charge in [-0.3, -0.25) is 9.59 Å². The molecule has 0 radical (unpaired) electrons. The van der Waals surface area contributed by atoms with Crippen LogP contribution < -0.4 is 5.32 Å². The minimum Gasteiger partial charge on any atom is -0.338 e. The topological polar surface area (TPSA) is 49.4 Å². The van der Waals surface area contributed by atoms with Crippen LogP contribution in [0.2, 0.25) is 0 Å². The van der Waals surface area contributed by atoms with E-state index in [2.05, 4.69) is 5.32 Å². The molecule has 1 saturated heterocycles. The van der Waals surface area contributed by atoms with E-state index in [1.54, 1.807) is 18.2 Å². The molecule has 1 aliphatic rings. The third-order valence-electron chi connectivity index (χ3n) is 3.84. The Kier molecular flexibility index (Phi) is 4.90. The molecule has 1 heterocycles. The van der Waals surface area contributed by atoms with Crippen LogP contribution in [-0.4, -0.2) is 43.3 Å². The van der Waals surface area contributed by atoms with Crippen LogP contribution in [0.5, 0.6) is 0 Å². The van der Waals surface area contributed by atoms with Crippen molar-refractivity contribution in [2.75, 3.05) is 26.7 Å². The van der Waals surface area contributed by atoms with Gasteiger partial charge in [-0.1, -0.05) is 18.2 Å². The molecule has 4 nitrogen and oxygen atoms in total. The molecule has 1 unspecified atom stereocenters. The Labute approximate surface area is 120 Å². The Morgan fingerprint density at radius 3 is 2.65 bits per heavy atom. The second kappa shape index (κ2) is 6.66. The van der Waals surface area contributed by atoms with Crippen molar-refractivity contribution in [1.82, 2.24) is 10.2 Å². The first-order valence-corrected chi connectivity index (χ1v) is 7.17. The number of likely N-dealkylation sites (tertiary alicyclic amines) is 1. The van der Waals surface area contributed by atoms with Gasteiger partial charge in [0.1, 0.15) is 0 Å². The summed E-state index contributed by atoms with van der Waals surface area (Å²) in [5.74, 6) is 0.427. The third kappa shape index (κ3) is 3.25. The molecule has 1 aromatic carbocycles. The number of piperidine rings is 1. The fourth-order valence-corrected chi connectivity index (χ4v) is 2.85. The molecule has 1 aliphatic heterocycles. The van der Waals surface area contributed by atoms with Crippen molar-refractivity contribution in [3.63, 3.8) is 0 Å². The maximum Gasteiger partial charge on any atom is 0.254 e. The van der Waals surface area contributed by atoms with Gasteiger partial charge in [-0.25, -0.2) is 0 Å². The maximum atomic E-state index is 12.6. The average Bonchev–Trinajstić information content (AvgIpc) is 2.47. The van der Waals surface area contributed by atoms with Crippen LogP contribution in [0.1, 0.15) is 40.5 Å². The molecule has 4 heteroatoms. The Hall–Kier alpha value is -1.68. The molecule has 1 amide bonds. The molecule has 108 valence electrons. The molecule has 0 aliphatic carbocycles. The summed E-state index contributed by atoms with van der Waals surface area (Å²) < 4.78 is 0. The van der Waals surface area contributed by atoms with Crippen molar-refractivity contribution in [1.29, 1.82) is 0 Å². The smallest absolute Gasteiger partial charge is 0.254 e. The van der Waals surface area contributed by atoms with Gasteiger partial charge in [0, 0.05) is 18.7 Å². The molecule has 2 rings (SSSR count). The zero-order chi connectivity index (χ0) is 14.5. The highest BCUT2D eigenvalue weighted by molar-refractivity contribution is 6.07. The van der Waals surface area contributed by atoms with E-state index in [1.165, 1.54) is 6.92 Å². The fraction of sp³-hybridized carbons (Fsp3) is 0.500. The van der Waals surface area contributed by atoms with Gasteiger partial charge < -0.3 is 10.2 Å². The maximum absolute atomic E-state index is 12.6. The number of hydrogen-bond acceptors (Lipinski definition) is 3. The van der Waals surface area contributed by atoms with Crippen molar-refractivity contribution < 1.29 is 9.59 Å². The van der Waals surface area contributed by atoms with E-state index in [1.807, 2.05) is 18.0 Å². The van der Waals surface area contributed by atoms with Crippen LogP contribution in [0.25, 0.3) is 0 Å². The molecular weight excluding hydrogens is 252 g/mol. The van der Waals surface area contributed by atoms with Crippen LogP contribution in [0.3, 0.4) is 0 Å². The van der Waals surface area contributed by atoms with Gasteiger partial charge in [0.05, 0.1) is 5.56 Å². The largest absolute Gasteiger partial charge is 0.338 e. The van der Waals surface area contributed by atoms with E-state index >= 15 is 0 Å². The third-order valence-corrected chi connectivity index (χ3v) is 3.84. The lowest BCUT2D eigenvalue weighted by Gasteiger charge is -2.33. The Balaban J connectivity index is 2.17. The monoisotopic (exact) mass is 274 g/mol. The minimum atomic E-state index is -0.0577. The molecule has 1 fully saturated rings. The number of benzene rings is 1. The summed E-state index contributed by atoms with van der Waals surface area (Å²) in [6.45, 7) is 3.99. The highest BCUT2D eigenvalue weighted by atomic mass is 16.2. The zero-order valence-corrected chi connectivity index (χ0v) is 12.2. The molecule has 0 saturated carbocycles. The van der Waals surface area contributed by atoms with E-state index in [0.29, 0.717) is 17.0 Å². The Morgan fingerprint density at radius 1 is 1.30 bits per heavy atom. The van der Waals surface area contributed by atoms with Gasteiger partial charge in [0.2, 0.25) is 0 Å². The number of ketones is 1. The summed E-state index contributed by atoms with van der Waals surface area (Å²) >= 11 is 0. The quantitative estimate of drug-likeness (QED) is 0.854.